The first-order valence-electron chi connectivity index (χ1n) is 7.11. The van der Waals surface area contributed by atoms with Crippen LogP contribution in [0.15, 0.2) is 48.5 Å². The molecule has 112 valence electrons. The van der Waals surface area contributed by atoms with Gasteiger partial charge in [-0.1, -0.05) is 24.3 Å². The summed E-state index contributed by atoms with van der Waals surface area (Å²) in [6, 6.07) is 14.6. The minimum absolute atomic E-state index is 0.0655. The van der Waals surface area contributed by atoms with Crippen molar-refractivity contribution in [1.82, 2.24) is 5.32 Å². The Hall–Kier alpha value is -2.82. The maximum Gasteiger partial charge on any atom is 0.251 e. The molecule has 2 aromatic rings. The minimum Gasteiger partial charge on any atom is -0.491 e. The lowest BCUT2D eigenvalue weighted by molar-refractivity contribution is -0.116. The Morgan fingerprint density at radius 3 is 2.82 bits per heavy atom. The largest absolute Gasteiger partial charge is 0.491 e. The van der Waals surface area contributed by atoms with Crippen LogP contribution in [0.5, 0.6) is 5.75 Å². The third-order valence-corrected chi connectivity index (χ3v) is 3.39. The van der Waals surface area contributed by atoms with Crippen LogP contribution in [0.2, 0.25) is 0 Å². The molecule has 0 aliphatic carbocycles. The van der Waals surface area contributed by atoms with Crippen LogP contribution in [-0.4, -0.2) is 18.4 Å². The van der Waals surface area contributed by atoms with E-state index in [4.69, 9.17) is 4.74 Å². The Morgan fingerprint density at radius 2 is 2.00 bits per heavy atom. The fraction of sp³-hybridized carbons (Fsp3) is 0.176. The van der Waals surface area contributed by atoms with E-state index in [-0.39, 0.29) is 11.8 Å². The first kappa shape index (κ1) is 14.1. The summed E-state index contributed by atoms with van der Waals surface area (Å²) in [5, 5.41) is 5.66. The van der Waals surface area contributed by atoms with Crippen LogP contribution in [0.4, 0.5) is 5.69 Å². The Bertz CT molecular complexity index is 698. The van der Waals surface area contributed by atoms with E-state index in [1.807, 2.05) is 36.4 Å². The molecule has 2 aromatic carbocycles. The number of carbonyl (C=O) groups excluding carboxylic acids is 2. The van der Waals surface area contributed by atoms with Crippen molar-refractivity contribution < 1.29 is 14.3 Å². The zero-order valence-corrected chi connectivity index (χ0v) is 12.0. The number of rotatable bonds is 3. The summed E-state index contributed by atoms with van der Waals surface area (Å²) in [4.78, 5) is 23.6. The van der Waals surface area contributed by atoms with Crippen LogP contribution in [0.3, 0.4) is 0 Å². The molecule has 0 spiro atoms. The molecule has 0 saturated carbocycles. The highest BCUT2D eigenvalue weighted by atomic mass is 16.5. The molecule has 5 heteroatoms. The number of anilines is 1. The van der Waals surface area contributed by atoms with Gasteiger partial charge in [-0.05, 0) is 29.8 Å². The van der Waals surface area contributed by atoms with Crippen molar-refractivity contribution in [2.45, 2.75) is 13.0 Å². The van der Waals surface area contributed by atoms with E-state index >= 15 is 0 Å². The van der Waals surface area contributed by atoms with Crippen LogP contribution in [-0.2, 0) is 11.3 Å². The average Bonchev–Trinajstić information content (AvgIpc) is 2.73. The molecule has 0 atom stereocenters. The van der Waals surface area contributed by atoms with E-state index < -0.39 is 0 Å². The smallest absolute Gasteiger partial charge is 0.251 e. The van der Waals surface area contributed by atoms with E-state index in [0.29, 0.717) is 36.6 Å². The highest BCUT2D eigenvalue weighted by molar-refractivity contribution is 5.94. The van der Waals surface area contributed by atoms with Gasteiger partial charge in [-0.25, -0.2) is 0 Å². The van der Waals surface area contributed by atoms with E-state index in [9.17, 15) is 9.59 Å². The summed E-state index contributed by atoms with van der Waals surface area (Å²) in [5.41, 5.74) is 2.16. The Balaban J connectivity index is 1.69. The topological polar surface area (TPSA) is 67.4 Å². The van der Waals surface area contributed by atoms with Crippen LogP contribution >= 0.6 is 0 Å². The standard InChI is InChI=1S/C17H16N2O3/c20-16-8-9-22-15-7-6-12(10-14(15)19-16)11-18-17(21)13-4-2-1-3-5-13/h1-7,10H,8-9,11H2,(H,18,21)(H,19,20). The maximum absolute atomic E-state index is 12.0. The second-order valence-electron chi connectivity index (χ2n) is 5.03. The molecule has 0 fully saturated rings. The second kappa shape index (κ2) is 6.30. The fourth-order valence-corrected chi connectivity index (χ4v) is 2.25. The molecule has 1 aliphatic heterocycles. The molecular weight excluding hydrogens is 280 g/mol. The lowest BCUT2D eigenvalue weighted by atomic mass is 10.1. The van der Waals surface area contributed by atoms with E-state index in [2.05, 4.69) is 10.6 Å². The molecule has 0 aromatic heterocycles. The predicted octanol–water partition coefficient (Wildman–Crippen LogP) is 2.34. The molecule has 0 unspecified atom stereocenters. The average molecular weight is 296 g/mol. The lowest BCUT2D eigenvalue weighted by Gasteiger charge is -2.10. The Morgan fingerprint density at radius 1 is 1.18 bits per heavy atom. The minimum atomic E-state index is -0.129. The monoisotopic (exact) mass is 296 g/mol. The Labute approximate surface area is 128 Å². The molecule has 0 radical (unpaired) electrons. The van der Waals surface area contributed by atoms with Gasteiger partial charge in [0.15, 0.2) is 0 Å². The number of hydrogen-bond donors (Lipinski definition) is 2. The number of fused-ring (bicyclic) bond motifs is 1. The number of benzene rings is 2. The first-order chi connectivity index (χ1) is 10.7. The highest BCUT2D eigenvalue weighted by Crippen LogP contribution is 2.28. The number of hydrogen-bond acceptors (Lipinski definition) is 3. The van der Waals surface area contributed by atoms with Gasteiger partial charge in [0.1, 0.15) is 5.75 Å². The normalized spacial score (nSPS) is 13.4. The van der Waals surface area contributed by atoms with Gasteiger partial charge in [-0.15, -0.1) is 0 Å². The van der Waals surface area contributed by atoms with Gasteiger partial charge in [0.05, 0.1) is 18.7 Å². The summed E-state index contributed by atoms with van der Waals surface area (Å²) in [5.74, 6) is 0.462. The van der Waals surface area contributed by atoms with Crippen LogP contribution < -0.4 is 15.4 Å². The van der Waals surface area contributed by atoms with Crippen molar-refractivity contribution in [2.75, 3.05) is 11.9 Å². The van der Waals surface area contributed by atoms with Crippen molar-refractivity contribution in [3.8, 4) is 5.75 Å². The van der Waals surface area contributed by atoms with Gasteiger partial charge < -0.3 is 15.4 Å². The summed E-state index contributed by atoms with van der Waals surface area (Å²) in [6.45, 7) is 0.764. The zero-order chi connectivity index (χ0) is 15.4. The Kier molecular flexibility index (Phi) is 4.05. The third kappa shape index (κ3) is 3.25. The molecule has 0 saturated heterocycles. The van der Waals surface area contributed by atoms with Gasteiger partial charge in [0, 0.05) is 12.1 Å². The second-order valence-corrected chi connectivity index (χ2v) is 5.03. The molecule has 1 heterocycles. The molecule has 1 aliphatic rings. The van der Waals surface area contributed by atoms with Gasteiger partial charge >= 0.3 is 0 Å². The quantitative estimate of drug-likeness (QED) is 0.913. The molecule has 3 rings (SSSR count). The predicted molar refractivity (Wildman–Crippen MR) is 82.8 cm³/mol. The van der Waals surface area contributed by atoms with Crippen molar-refractivity contribution in [2.24, 2.45) is 0 Å². The van der Waals surface area contributed by atoms with Gasteiger partial charge in [0.25, 0.3) is 5.91 Å². The van der Waals surface area contributed by atoms with Crippen molar-refractivity contribution >= 4 is 17.5 Å². The highest BCUT2D eigenvalue weighted by Gasteiger charge is 2.14. The molecule has 2 N–H and O–H groups in total. The SMILES string of the molecule is O=C1CCOc2ccc(CNC(=O)c3ccccc3)cc2N1. The number of carbonyl (C=O) groups is 2. The molecule has 0 bridgehead atoms. The van der Waals surface area contributed by atoms with E-state index in [0.717, 1.165) is 5.56 Å². The molecule has 2 amide bonds. The van der Waals surface area contributed by atoms with Crippen molar-refractivity contribution in [3.05, 3.63) is 59.7 Å². The fourth-order valence-electron chi connectivity index (χ4n) is 2.25. The van der Waals surface area contributed by atoms with Crippen LogP contribution in [0.25, 0.3) is 0 Å². The summed E-state index contributed by atoms with van der Waals surface area (Å²) < 4.78 is 5.50. The summed E-state index contributed by atoms with van der Waals surface area (Å²) >= 11 is 0. The first-order valence-corrected chi connectivity index (χ1v) is 7.11. The summed E-state index contributed by atoms with van der Waals surface area (Å²) in [7, 11) is 0. The van der Waals surface area contributed by atoms with Gasteiger partial charge in [-0.3, -0.25) is 9.59 Å². The molecular formula is C17H16N2O3. The maximum atomic E-state index is 12.0. The van der Waals surface area contributed by atoms with Gasteiger partial charge in [0.2, 0.25) is 5.91 Å². The van der Waals surface area contributed by atoms with Crippen LogP contribution in [0.1, 0.15) is 22.3 Å². The summed E-state index contributed by atoms with van der Waals surface area (Å²) in [6.07, 6.45) is 0.342. The molecule has 5 nitrogen and oxygen atoms in total. The lowest BCUT2D eigenvalue weighted by Crippen LogP contribution is -2.22. The van der Waals surface area contributed by atoms with E-state index in [1.165, 1.54) is 0 Å². The van der Waals surface area contributed by atoms with E-state index in [1.54, 1.807) is 12.1 Å². The zero-order valence-electron chi connectivity index (χ0n) is 12.0. The number of amides is 2. The van der Waals surface area contributed by atoms with Crippen molar-refractivity contribution in [3.63, 3.8) is 0 Å². The number of nitrogens with one attached hydrogen (secondary N) is 2. The number of ether oxygens (including phenoxy) is 1. The van der Waals surface area contributed by atoms with Gasteiger partial charge in [-0.2, -0.15) is 0 Å². The molecule has 22 heavy (non-hydrogen) atoms. The van der Waals surface area contributed by atoms with Crippen molar-refractivity contribution in [1.29, 1.82) is 0 Å². The third-order valence-electron chi connectivity index (χ3n) is 3.39. The van der Waals surface area contributed by atoms with Crippen LogP contribution in [0, 0.1) is 0 Å².